The molecule has 0 aromatic carbocycles. The first-order valence-corrected chi connectivity index (χ1v) is 7.57. The second-order valence-electron chi connectivity index (χ2n) is 5.73. The average molecular weight is 292 g/mol. The Kier molecular flexibility index (Phi) is 4.98. The molecule has 0 saturated carbocycles. The highest BCUT2D eigenvalue weighted by Gasteiger charge is 2.22. The highest BCUT2D eigenvalue weighted by Crippen LogP contribution is 2.16. The number of aryl methyl sites for hydroxylation is 2. The molecule has 0 spiro atoms. The fourth-order valence-electron chi connectivity index (χ4n) is 2.81. The predicted octanol–water partition coefficient (Wildman–Crippen LogP) is 1.25. The van der Waals surface area contributed by atoms with E-state index >= 15 is 0 Å². The van der Waals surface area contributed by atoms with Crippen molar-refractivity contribution in [3.05, 3.63) is 17.5 Å². The second kappa shape index (κ2) is 6.74. The van der Waals surface area contributed by atoms with Crippen LogP contribution in [0.2, 0.25) is 0 Å². The Morgan fingerprint density at radius 1 is 1.43 bits per heavy atom. The zero-order valence-corrected chi connectivity index (χ0v) is 13.1. The van der Waals surface area contributed by atoms with E-state index in [1.54, 1.807) is 17.8 Å². The Bertz CT molecular complexity index is 524. The molecule has 0 radical (unpaired) electrons. The fraction of sp³-hybridized carbons (Fsp3) is 0.667. The normalized spacial score (nSPS) is 18.6. The monoisotopic (exact) mass is 292 g/mol. The molecule has 2 rings (SSSR count). The van der Waals surface area contributed by atoms with E-state index in [9.17, 15) is 9.59 Å². The van der Waals surface area contributed by atoms with E-state index in [0.717, 1.165) is 25.1 Å². The Balaban J connectivity index is 1.80. The van der Waals surface area contributed by atoms with Gasteiger partial charge < -0.3 is 10.2 Å². The van der Waals surface area contributed by atoms with E-state index in [4.69, 9.17) is 0 Å². The lowest BCUT2D eigenvalue weighted by Gasteiger charge is -2.33. The summed E-state index contributed by atoms with van der Waals surface area (Å²) >= 11 is 0. The molecule has 1 N–H and O–H groups in total. The molecule has 21 heavy (non-hydrogen) atoms. The smallest absolute Gasteiger partial charge is 0.269 e. The number of piperidine rings is 1. The largest absolute Gasteiger partial charge is 0.350 e. The minimum Gasteiger partial charge on any atom is -0.350 e. The number of nitrogens with zero attached hydrogens (tertiary/aromatic N) is 3. The van der Waals surface area contributed by atoms with Gasteiger partial charge in [-0.1, -0.05) is 0 Å². The van der Waals surface area contributed by atoms with Gasteiger partial charge in [0.15, 0.2) is 0 Å². The van der Waals surface area contributed by atoms with Crippen molar-refractivity contribution in [2.24, 2.45) is 7.05 Å². The van der Waals surface area contributed by atoms with E-state index in [2.05, 4.69) is 17.3 Å². The molecule has 1 unspecified atom stereocenters. The van der Waals surface area contributed by atoms with Crippen LogP contribution in [-0.4, -0.2) is 45.6 Å². The summed E-state index contributed by atoms with van der Waals surface area (Å²) in [6, 6.07) is 2.06. The van der Waals surface area contributed by atoms with Crippen molar-refractivity contribution in [1.82, 2.24) is 20.0 Å². The lowest BCUT2D eigenvalue weighted by molar-refractivity contribution is -0.134. The number of hydrogen-bond donors (Lipinski definition) is 1. The SMILES string of the molecule is Cc1cc(C(=O)NCCC(=O)N2CCCCC2C)n(C)n1. The standard InChI is InChI=1S/C15H24N4O2/c1-11-10-13(18(3)17-11)15(21)16-8-7-14(20)19-9-5-4-6-12(19)2/h10,12H,4-9H2,1-3H3,(H,16,21). The van der Waals surface area contributed by atoms with Gasteiger partial charge in [0.05, 0.1) is 5.69 Å². The number of hydrogen-bond acceptors (Lipinski definition) is 3. The van der Waals surface area contributed by atoms with Gasteiger partial charge in [-0.15, -0.1) is 0 Å². The van der Waals surface area contributed by atoms with E-state index in [1.165, 1.54) is 6.42 Å². The number of carbonyl (C=O) groups is 2. The summed E-state index contributed by atoms with van der Waals surface area (Å²) in [7, 11) is 1.74. The van der Waals surface area contributed by atoms with Crippen molar-refractivity contribution in [2.45, 2.75) is 45.6 Å². The molecular formula is C15H24N4O2. The van der Waals surface area contributed by atoms with Crippen LogP contribution in [0.25, 0.3) is 0 Å². The molecule has 6 nitrogen and oxygen atoms in total. The van der Waals surface area contributed by atoms with Crippen molar-refractivity contribution >= 4 is 11.8 Å². The van der Waals surface area contributed by atoms with Crippen molar-refractivity contribution < 1.29 is 9.59 Å². The molecule has 1 fully saturated rings. The first-order chi connectivity index (χ1) is 9.99. The quantitative estimate of drug-likeness (QED) is 0.908. The summed E-state index contributed by atoms with van der Waals surface area (Å²) in [5.41, 5.74) is 1.33. The fourth-order valence-corrected chi connectivity index (χ4v) is 2.81. The van der Waals surface area contributed by atoms with Gasteiger partial charge in [0, 0.05) is 32.6 Å². The Morgan fingerprint density at radius 3 is 2.81 bits per heavy atom. The molecular weight excluding hydrogens is 268 g/mol. The number of likely N-dealkylation sites (tertiary alicyclic amines) is 1. The molecule has 1 atom stereocenters. The third kappa shape index (κ3) is 3.83. The third-order valence-electron chi connectivity index (χ3n) is 3.98. The summed E-state index contributed by atoms with van der Waals surface area (Å²) < 4.78 is 1.55. The van der Waals surface area contributed by atoms with Crippen LogP contribution in [0.1, 0.15) is 48.8 Å². The number of aromatic nitrogens is 2. The van der Waals surface area contributed by atoms with Crippen LogP contribution in [0, 0.1) is 6.92 Å². The van der Waals surface area contributed by atoms with E-state index in [-0.39, 0.29) is 11.8 Å². The minimum absolute atomic E-state index is 0.128. The average Bonchev–Trinajstić information content (AvgIpc) is 2.78. The maximum atomic E-state index is 12.2. The summed E-state index contributed by atoms with van der Waals surface area (Å²) in [5, 5.41) is 6.93. The summed E-state index contributed by atoms with van der Waals surface area (Å²) in [6.45, 7) is 5.14. The highest BCUT2D eigenvalue weighted by molar-refractivity contribution is 5.92. The minimum atomic E-state index is -0.183. The number of rotatable bonds is 4. The second-order valence-corrected chi connectivity index (χ2v) is 5.73. The first kappa shape index (κ1) is 15.5. The third-order valence-corrected chi connectivity index (χ3v) is 3.98. The maximum Gasteiger partial charge on any atom is 0.269 e. The summed E-state index contributed by atoms with van der Waals surface area (Å²) in [5.74, 6) is -0.0544. The van der Waals surface area contributed by atoms with Gasteiger partial charge in [-0.05, 0) is 39.2 Å². The number of carbonyl (C=O) groups excluding carboxylic acids is 2. The first-order valence-electron chi connectivity index (χ1n) is 7.57. The molecule has 1 aromatic rings. The van der Waals surface area contributed by atoms with Crippen molar-refractivity contribution in [3.63, 3.8) is 0 Å². The van der Waals surface area contributed by atoms with Crippen LogP contribution in [0.5, 0.6) is 0 Å². The Morgan fingerprint density at radius 2 is 2.19 bits per heavy atom. The zero-order chi connectivity index (χ0) is 15.4. The summed E-state index contributed by atoms with van der Waals surface area (Å²) in [6.07, 6.45) is 3.71. The Labute approximate surface area is 125 Å². The number of nitrogens with one attached hydrogen (secondary N) is 1. The van der Waals surface area contributed by atoms with Crippen LogP contribution in [0.3, 0.4) is 0 Å². The molecule has 2 heterocycles. The van der Waals surface area contributed by atoms with Gasteiger partial charge in [-0.2, -0.15) is 5.10 Å². The van der Waals surface area contributed by atoms with Gasteiger partial charge in [0.25, 0.3) is 5.91 Å². The van der Waals surface area contributed by atoms with Crippen molar-refractivity contribution in [1.29, 1.82) is 0 Å². The molecule has 1 saturated heterocycles. The molecule has 1 aliphatic heterocycles. The Hall–Kier alpha value is -1.85. The lowest BCUT2D eigenvalue weighted by atomic mass is 10.0. The maximum absolute atomic E-state index is 12.2. The van der Waals surface area contributed by atoms with Crippen molar-refractivity contribution in [2.75, 3.05) is 13.1 Å². The zero-order valence-electron chi connectivity index (χ0n) is 13.1. The summed E-state index contributed by atoms with van der Waals surface area (Å²) in [4.78, 5) is 26.1. The highest BCUT2D eigenvalue weighted by atomic mass is 16.2. The topological polar surface area (TPSA) is 67.2 Å². The number of amides is 2. The van der Waals surface area contributed by atoms with Crippen LogP contribution in [0.15, 0.2) is 6.07 Å². The van der Waals surface area contributed by atoms with Gasteiger partial charge in [-0.3, -0.25) is 14.3 Å². The molecule has 116 valence electrons. The van der Waals surface area contributed by atoms with E-state index < -0.39 is 0 Å². The van der Waals surface area contributed by atoms with Gasteiger partial charge >= 0.3 is 0 Å². The lowest BCUT2D eigenvalue weighted by Crippen LogP contribution is -2.43. The van der Waals surface area contributed by atoms with Gasteiger partial charge in [0.2, 0.25) is 5.91 Å². The van der Waals surface area contributed by atoms with Crippen LogP contribution in [-0.2, 0) is 11.8 Å². The predicted molar refractivity (Wildman–Crippen MR) is 79.9 cm³/mol. The van der Waals surface area contributed by atoms with Gasteiger partial charge in [-0.25, -0.2) is 0 Å². The molecule has 1 aliphatic rings. The van der Waals surface area contributed by atoms with Crippen LogP contribution >= 0.6 is 0 Å². The molecule has 1 aromatic heterocycles. The molecule has 0 aliphatic carbocycles. The van der Waals surface area contributed by atoms with Crippen LogP contribution in [0.4, 0.5) is 0 Å². The van der Waals surface area contributed by atoms with E-state index in [1.807, 2.05) is 11.8 Å². The van der Waals surface area contributed by atoms with Crippen molar-refractivity contribution in [3.8, 4) is 0 Å². The van der Waals surface area contributed by atoms with Crippen LogP contribution < -0.4 is 5.32 Å². The van der Waals surface area contributed by atoms with E-state index in [0.29, 0.717) is 24.7 Å². The van der Waals surface area contributed by atoms with Gasteiger partial charge in [0.1, 0.15) is 5.69 Å². The molecule has 2 amide bonds. The molecule has 6 heteroatoms. The molecule has 0 bridgehead atoms.